The minimum Gasteiger partial charge on any atom is -0.325 e. The van der Waals surface area contributed by atoms with E-state index in [2.05, 4.69) is 10.2 Å². The average Bonchev–Trinajstić information content (AvgIpc) is 2.78. The lowest BCUT2D eigenvalue weighted by Crippen LogP contribution is -2.49. The highest BCUT2D eigenvalue weighted by atomic mass is 19.1. The van der Waals surface area contributed by atoms with Crippen molar-refractivity contribution in [3.05, 3.63) is 101 Å². The van der Waals surface area contributed by atoms with Gasteiger partial charge in [-0.15, -0.1) is 0 Å². The van der Waals surface area contributed by atoms with Gasteiger partial charge in [0.1, 0.15) is 17.5 Å². The Kier molecular flexibility index (Phi) is 6.87. The summed E-state index contributed by atoms with van der Waals surface area (Å²) in [6.45, 7) is 2.91. The van der Waals surface area contributed by atoms with E-state index < -0.39 is 5.82 Å². The first-order valence-electron chi connectivity index (χ1n) is 10.5. The number of hydrogen-bond donors (Lipinski definition) is 1. The zero-order valence-electron chi connectivity index (χ0n) is 17.5. The minimum absolute atomic E-state index is 0.139. The molecule has 0 saturated carbocycles. The van der Waals surface area contributed by atoms with Gasteiger partial charge in [0.05, 0.1) is 12.6 Å². The lowest BCUT2D eigenvalue weighted by Gasteiger charge is -2.39. The van der Waals surface area contributed by atoms with Crippen molar-refractivity contribution in [1.82, 2.24) is 9.80 Å². The van der Waals surface area contributed by atoms with Crippen LogP contribution in [0.4, 0.5) is 18.9 Å². The fraction of sp³-hybridized carbons (Fsp3) is 0.240. The standard InChI is InChI=1S/C25H24F3N3O/c26-20-8-4-18(5-9-20)25(19-6-10-21(27)11-7-19)31-14-12-30(13-15-31)17-24(32)29-23-3-1-2-22(28)16-23/h1-11,16,25H,12-15,17H2,(H,29,32). The van der Waals surface area contributed by atoms with E-state index in [0.717, 1.165) is 11.1 Å². The molecule has 1 heterocycles. The molecule has 32 heavy (non-hydrogen) atoms. The third kappa shape index (κ3) is 5.55. The van der Waals surface area contributed by atoms with E-state index >= 15 is 0 Å². The van der Waals surface area contributed by atoms with Gasteiger partial charge in [0.15, 0.2) is 0 Å². The smallest absolute Gasteiger partial charge is 0.238 e. The largest absolute Gasteiger partial charge is 0.325 e. The summed E-state index contributed by atoms with van der Waals surface area (Å²) in [4.78, 5) is 16.6. The Hall–Kier alpha value is -3.16. The molecule has 0 bridgehead atoms. The second-order valence-corrected chi connectivity index (χ2v) is 7.88. The highest BCUT2D eigenvalue weighted by Crippen LogP contribution is 2.30. The molecule has 1 saturated heterocycles. The number of carbonyl (C=O) groups excluding carboxylic acids is 1. The Balaban J connectivity index is 1.41. The number of nitrogens with one attached hydrogen (secondary N) is 1. The average molecular weight is 439 g/mol. The number of anilines is 1. The predicted molar refractivity (Wildman–Crippen MR) is 118 cm³/mol. The van der Waals surface area contributed by atoms with Gasteiger partial charge in [-0.25, -0.2) is 13.2 Å². The van der Waals surface area contributed by atoms with E-state index in [-0.39, 0.29) is 30.1 Å². The monoisotopic (exact) mass is 439 g/mol. The van der Waals surface area contributed by atoms with Gasteiger partial charge in [-0.3, -0.25) is 14.6 Å². The second kappa shape index (κ2) is 9.97. The van der Waals surface area contributed by atoms with Crippen LogP contribution in [0.25, 0.3) is 0 Å². The summed E-state index contributed by atoms with van der Waals surface area (Å²) in [5.41, 5.74) is 2.28. The summed E-state index contributed by atoms with van der Waals surface area (Å²) < 4.78 is 40.3. The van der Waals surface area contributed by atoms with Crippen molar-refractivity contribution in [2.45, 2.75) is 6.04 Å². The van der Waals surface area contributed by atoms with Gasteiger partial charge in [0, 0.05) is 31.9 Å². The van der Waals surface area contributed by atoms with Crippen LogP contribution < -0.4 is 5.32 Å². The molecule has 3 aromatic carbocycles. The first-order chi connectivity index (χ1) is 15.5. The van der Waals surface area contributed by atoms with Gasteiger partial charge >= 0.3 is 0 Å². The maximum Gasteiger partial charge on any atom is 0.238 e. The number of hydrogen-bond acceptors (Lipinski definition) is 3. The summed E-state index contributed by atoms with van der Waals surface area (Å²) in [5, 5.41) is 2.72. The van der Waals surface area contributed by atoms with Crippen molar-refractivity contribution >= 4 is 11.6 Å². The van der Waals surface area contributed by atoms with Crippen LogP contribution >= 0.6 is 0 Å². The van der Waals surface area contributed by atoms with E-state index in [1.54, 1.807) is 36.4 Å². The van der Waals surface area contributed by atoms with Gasteiger partial charge < -0.3 is 5.32 Å². The van der Waals surface area contributed by atoms with Crippen molar-refractivity contribution in [3.8, 4) is 0 Å². The van der Waals surface area contributed by atoms with Crippen LogP contribution in [0.1, 0.15) is 17.2 Å². The number of halogens is 3. The van der Waals surface area contributed by atoms with E-state index in [0.29, 0.717) is 31.9 Å². The number of benzene rings is 3. The number of carbonyl (C=O) groups is 1. The Morgan fingerprint density at radius 3 is 1.88 bits per heavy atom. The Bertz CT molecular complexity index is 1000. The fourth-order valence-corrected chi connectivity index (χ4v) is 4.05. The van der Waals surface area contributed by atoms with Gasteiger partial charge in [-0.1, -0.05) is 30.3 Å². The number of amides is 1. The van der Waals surface area contributed by atoms with Crippen LogP contribution in [-0.4, -0.2) is 48.4 Å². The molecule has 166 valence electrons. The zero-order valence-corrected chi connectivity index (χ0v) is 17.5. The van der Waals surface area contributed by atoms with Crippen LogP contribution in [0, 0.1) is 17.5 Å². The predicted octanol–water partition coefficient (Wildman–Crippen LogP) is 4.45. The van der Waals surface area contributed by atoms with E-state index in [4.69, 9.17) is 0 Å². The third-order valence-electron chi connectivity index (χ3n) is 5.62. The molecule has 3 aromatic rings. The highest BCUT2D eigenvalue weighted by Gasteiger charge is 2.27. The number of nitrogens with zero attached hydrogens (tertiary/aromatic N) is 2. The molecule has 1 amide bonds. The molecular weight excluding hydrogens is 415 g/mol. The van der Waals surface area contributed by atoms with Crippen LogP contribution in [-0.2, 0) is 4.79 Å². The SMILES string of the molecule is O=C(CN1CCN(C(c2ccc(F)cc2)c2ccc(F)cc2)CC1)Nc1cccc(F)c1. The summed E-state index contributed by atoms with van der Waals surface area (Å²) in [6, 6.07) is 18.4. The molecule has 0 spiro atoms. The van der Waals surface area contributed by atoms with E-state index in [1.807, 2.05) is 4.90 Å². The number of rotatable bonds is 6. The van der Waals surface area contributed by atoms with Crippen LogP contribution in [0.2, 0.25) is 0 Å². The minimum atomic E-state index is -0.399. The maximum atomic E-state index is 13.5. The maximum absolute atomic E-state index is 13.5. The molecule has 0 atom stereocenters. The molecule has 4 rings (SSSR count). The molecular formula is C25H24F3N3O. The summed E-state index contributed by atoms with van der Waals surface area (Å²) in [7, 11) is 0. The number of piperazine rings is 1. The summed E-state index contributed by atoms with van der Waals surface area (Å²) in [5.74, 6) is -1.21. The quantitative estimate of drug-likeness (QED) is 0.617. The van der Waals surface area contributed by atoms with Crippen molar-refractivity contribution in [2.75, 3.05) is 38.0 Å². The molecule has 0 aliphatic carbocycles. The van der Waals surface area contributed by atoms with Gasteiger partial charge in [-0.05, 0) is 53.6 Å². The molecule has 0 unspecified atom stereocenters. The normalized spacial score (nSPS) is 15.1. The van der Waals surface area contributed by atoms with Crippen molar-refractivity contribution in [3.63, 3.8) is 0 Å². The lowest BCUT2D eigenvalue weighted by molar-refractivity contribution is -0.117. The van der Waals surface area contributed by atoms with Crippen molar-refractivity contribution in [2.24, 2.45) is 0 Å². The topological polar surface area (TPSA) is 35.6 Å². The lowest BCUT2D eigenvalue weighted by atomic mass is 9.96. The first-order valence-corrected chi connectivity index (χ1v) is 10.5. The van der Waals surface area contributed by atoms with Gasteiger partial charge in [0.2, 0.25) is 5.91 Å². The van der Waals surface area contributed by atoms with Crippen LogP contribution in [0.3, 0.4) is 0 Å². The van der Waals surface area contributed by atoms with Crippen LogP contribution in [0.5, 0.6) is 0 Å². The molecule has 1 aliphatic rings. The first kappa shape index (κ1) is 22.0. The second-order valence-electron chi connectivity index (χ2n) is 7.88. The Labute approximate surface area is 185 Å². The summed E-state index contributed by atoms with van der Waals surface area (Å²) in [6.07, 6.45) is 0. The van der Waals surface area contributed by atoms with E-state index in [9.17, 15) is 18.0 Å². The van der Waals surface area contributed by atoms with Crippen molar-refractivity contribution in [1.29, 1.82) is 0 Å². The van der Waals surface area contributed by atoms with Crippen molar-refractivity contribution < 1.29 is 18.0 Å². The molecule has 4 nitrogen and oxygen atoms in total. The Morgan fingerprint density at radius 2 is 1.34 bits per heavy atom. The highest BCUT2D eigenvalue weighted by molar-refractivity contribution is 5.92. The Morgan fingerprint density at radius 1 is 0.781 bits per heavy atom. The molecule has 1 fully saturated rings. The summed E-state index contributed by atoms with van der Waals surface area (Å²) >= 11 is 0. The van der Waals surface area contributed by atoms with Gasteiger partial charge in [0.25, 0.3) is 0 Å². The van der Waals surface area contributed by atoms with E-state index in [1.165, 1.54) is 36.4 Å². The fourth-order valence-electron chi connectivity index (χ4n) is 4.05. The zero-order chi connectivity index (χ0) is 22.5. The molecule has 7 heteroatoms. The van der Waals surface area contributed by atoms with Crippen LogP contribution in [0.15, 0.2) is 72.8 Å². The molecule has 1 aliphatic heterocycles. The van der Waals surface area contributed by atoms with Gasteiger partial charge in [-0.2, -0.15) is 0 Å². The third-order valence-corrected chi connectivity index (χ3v) is 5.62. The molecule has 1 N–H and O–H groups in total. The molecule has 0 aromatic heterocycles. The molecule has 0 radical (unpaired) electrons.